The summed E-state index contributed by atoms with van der Waals surface area (Å²) in [5, 5.41) is 21.1. The van der Waals surface area contributed by atoms with E-state index >= 15 is 0 Å². The lowest BCUT2D eigenvalue weighted by atomic mass is 9.84. The molecule has 0 fully saturated rings. The molecule has 2 aromatic carbocycles. The van der Waals surface area contributed by atoms with Crippen molar-refractivity contribution in [3.05, 3.63) is 47.0 Å². The Morgan fingerprint density at radius 1 is 1.33 bits per heavy atom. The van der Waals surface area contributed by atoms with E-state index in [2.05, 4.69) is 0 Å². The van der Waals surface area contributed by atoms with Crippen LogP contribution in [-0.2, 0) is 16.8 Å². The number of ketones is 1. The van der Waals surface area contributed by atoms with Crippen molar-refractivity contribution in [2.45, 2.75) is 32.0 Å². The minimum Gasteiger partial charge on any atom is -0.508 e. The van der Waals surface area contributed by atoms with Gasteiger partial charge < -0.3 is 24.4 Å². The third-order valence-electron chi connectivity index (χ3n) is 5.30. The number of aromatic hydroxyl groups is 1. The number of methoxy groups -OCH3 is 1. The topological polar surface area (TPSA) is 85.2 Å². The first-order valence-electron chi connectivity index (χ1n) is 8.93. The number of ether oxygens (including phenoxy) is 3. The summed E-state index contributed by atoms with van der Waals surface area (Å²) in [7, 11) is 1.54. The van der Waals surface area contributed by atoms with Gasteiger partial charge in [0.15, 0.2) is 11.7 Å². The first kappa shape index (κ1) is 17.7. The number of carbonyl (C=O) groups excluding carboxylic acids is 1. The van der Waals surface area contributed by atoms with Crippen LogP contribution in [-0.4, -0.2) is 29.7 Å². The van der Waals surface area contributed by atoms with E-state index in [1.54, 1.807) is 25.3 Å². The number of carbonyl (C=O) groups is 1. The quantitative estimate of drug-likeness (QED) is 0.861. The number of Topliss-reactive ketones (excluding diaryl/α,β-unsaturated/α-hetero) is 1. The maximum atomic E-state index is 12.4. The molecule has 0 aromatic heterocycles. The van der Waals surface area contributed by atoms with Gasteiger partial charge in [0.1, 0.15) is 35.4 Å². The molecule has 2 unspecified atom stereocenters. The molecular weight excluding hydrogens is 348 g/mol. The van der Waals surface area contributed by atoms with Crippen molar-refractivity contribution in [1.29, 1.82) is 0 Å². The maximum absolute atomic E-state index is 12.4. The first-order valence-corrected chi connectivity index (χ1v) is 8.93. The van der Waals surface area contributed by atoms with Crippen LogP contribution >= 0.6 is 0 Å². The van der Waals surface area contributed by atoms with Crippen LogP contribution < -0.4 is 14.2 Å². The minimum absolute atomic E-state index is 0.00891. The van der Waals surface area contributed by atoms with Crippen LogP contribution in [0.15, 0.2) is 30.3 Å². The average Bonchev–Trinajstić information content (AvgIpc) is 2.95. The van der Waals surface area contributed by atoms with E-state index < -0.39 is 11.7 Å². The highest BCUT2D eigenvalue weighted by Crippen LogP contribution is 2.56. The van der Waals surface area contributed by atoms with E-state index in [4.69, 9.17) is 14.2 Å². The van der Waals surface area contributed by atoms with Crippen LogP contribution in [0.25, 0.3) is 0 Å². The Balaban J connectivity index is 1.83. The zero-order valence-corrected chi connectivity index (χ0v) is 15.5. The Hall–Kier alpha value is -2.73. The van der Waals surface area contributed by atoms with Gasteiger partial charge in [-0.2, -0.15) is 0 Å². The third kappa shape index (κ3) is 2.63. The standard InChI is InChI=1S/C21H22O6/c1-11(2)16(23)9-14-17(25-3)7-6-15-19(14)27-20-13-5-4-12(22)8-18(13)26-10-21(15,20)24/h4-8,11,20,22,24H,9-10H2,1-3H3. The fourth-order valence-corrected chi connectivity index (χ4v) is 3.71. The molecule has 2 atom stereocenters. The Morgan fingerprint density at radius 3 is 2.81 bits per heavy atom. The fraction of sp³-hybridized carbons (Fsp3) is 0.381. The Kier molecular flexibility index (Phi) is 4.03. The predicted molar refractivity (Wildman–Crippen MR) is 97.4 cm³/mol. The normalized spacial score (nSPS) is 22.3. The van der Waals surface area contributed by atoms with E-state index in [0.717, 1.165) is 0 Å². The van der Waals surface area contributed by atoms with Crippen molar-refractivity contribution in [2.24, 2.45) is 5.92 Å². The van der Waals surface area contributed by atoms with Crippen LogP contribution in [0.3, 0.4) is 0 Å². The van der Waals surface area contributed by atoms with Gasteiger partial charge in [-0.05, 0) is 24.3 Å². The number of benzene rings is 2. The number of phenols is 1. The first-order chi connectivity index (χ1) is 12.8. The highest BCUT2D eigenvalue weighted by molar-refractivity contribution is 5.84. The molecule has 0 spiro atoms. The largest absolute Gasteiger partial charge is 0.508 e. The van der Waals surface area contributed by atoms with Gasteiger partial charge in [-0.15, -0.1) is 0 Å². The molecule has 0 bridgehead atoms. The molecule has 0 radical (unpaired) electrons. The van der Waals surface area contributed by atoms with Crippen molar-refractivity contribution in [3.63, 3.8) is 0 Å². The number of fused-ring (bicyclic) bond motifs is 5. The number of aliphatic hydroxyl groups is 1. The highest BCUT2D eigenvalue weighted by Gasteiger charge is 2.54. The predicted octanol–water partition coefficient (Wildman–Crippen LogP) is 2.88. The Morgan fingerprint density at radius 2 is 2.11 bits per heavy atom. The third-order valence-corrected chi connectivity index (χ3v) is 5.30. The van der Waals surface area contributed by atoms with Crippen molar-refractivity contribution in [1.82, 2.24) is 0 Å². The Labute approximate surface area is 157 Å². The average molecular weight is 370 g/mol. The molecule has 6 heteroatoms. The van der Waals surface area contributed by atoms with Gasteiger partial charge >= 0.3 is 0 Å². The van der Waals surface area contributed by atoms with Gasteiger partial charge in [0, 0.05) is 35.1 Å². The van der Waals surface area contributed by atoms with Gasteiger partial charge in [0.25, 0.3) is 0 Å². The molecule has 142 valence electrons. The number of hydrogen-bond donors (Lipinski definition) is 2. The van der Waals surface area contributed by atoms with Gasteiger partial charge in [-0.25, -0.2) is 0 Å². The minimum atomic E-state index is -1.37. The van der Waals surface area contributed by atoms with Crippen LogP contribution in [0.5, 0.6) is 23.0 Å². The molecule has 0 aliphatic carbocycles. The summed E-state index contributed by atoms with van der Waals surface area (Å²) in [5.41, 5.74) is 0.495. The van der Waals surface area contributed by atoms with Crippen LogP contribution in [0.2, 0.25) is 0 Å². The van der Waals surface area contributed by atoms with Gasteiger partial charge in [-0.3, -0.25) is 4.79 Å². The molecule has 27 heavy (non-hydrogen) atoms. The lowest BCUT2D eigenvalue weighted by Crippen LogP contribution is -2.41. The molecule has 0 amide bonds. The smallest absolute Gasteiger partial charge is 0.168 e. The molecule has 2 aliphatic rings. The van der Waals surface area contributed by atoms with E-state index in [1.807, 2.05) is 13.8 Å². The summed E-state index contributed by atoms with van der Waals surface area (Å²) >= 11 is 0. The molecule has 2 N–H and O–H groups in total. The summed E-state index contributed by atoms with van der Waals surface area (Å²) in [4.78, 5) is 12.4. The van der Waals surface area contributed by atoms with Crippen molar-refractivity contribution < 1.29 is 29.2 Å². The highest BCUT2D eigenvalue weighted by atomic mass is 16.5. The van der Waals surface area contributed by atoms with Gasteiger partial charge in [0.05, 0.1) is 7.11 Å². The summed E-state index contributed by atoms with van der Waals surface area (Å²) in [5.74, 6) is 1.53. The molecule has 0 saturated carbocycles. The summed E-state index contributed by atoms with van der Waals surface area (Å²) in [6, 6.07) is 8.22. The van der Waals surface area contributed by atoms with E-state index in [0.29, 0.717) is 33.9 Å². The number of rotatable bonds is 4. The van der Waals surface area contributed by atoms with Crippen molar-refractivity contribution >= 4 is 5.78 Å². The maximum Gasteiger partial charge on any atom is 0.168 e. The summed E-state index contributed by atoms with van der Waals surface area (Å²) in [6.07, 6.45) is -0.521. The molecule has 4 rings (SSSR count). The molecular formula is C21H22O6. The van der Waals surface area contributed by atoms with Gasteiger partial charge in [0.2, 0.25) is 0 Å². The van der Waals surface area contributed by atoms with Crippen molar-refractivity contribution in [3.8, 4) is 23.0 Å². The van der Waals surface area contributed by atoms with Gasteiger partial charge in [-0.1, -0.05) is 13.8 Å². The lowest BCUT2D eigenvalue weighted by molar-refractivity contribution is -0.121. The van der Waals surface area contributed by atoms with Crippen LogP contribution in [0.4, 0.5) is 0 Å². The van der Waals surface area contributed by atoms with E-state index in [1.165, 1.54) is 12.1 Å². The van der Waals surface area contributed by atoms with E-state index in [-0.39, 0.29) is 30.5 Å². The zero-order chi connectivity index (χ0) is 19.3. The second-order valence-corrected chi connectivity index (χ2v) is 7.35. The number of hydrogen-bond acceptors (Lipinski definition) is 6. The summed E-state index contributed by atoms with van der Waals surface area (Å²) < 4.78 is 17.3. The molecule has 2 heterocycles. The molecule has 2 aromatic rings. The molecule has 0 saturated heterocycles. The zero-order valence-electron chi connectivity index (χ0n) is 15.5. The van der Waals surface area contributed by atoms with Crippen LogP contribution in [0.1, 0.15) is 36.6 Å². The fourth-order valence-electron chi connectivity index (χ4n) is 3.71. The molecule has 2 aliphatic heterocycles. The molecule has 6 nitrogen and oxygen atoms in total. The lowest BCUT2D eigenvalue weighted by Gasteiger charge is -2.34. The second-order valence-electron chi connectivity index (χ2n) is 7.35. The Bertz CT molecular complexity index is 919. The van der Waals surface area contributed by atoms with Crippen molar-refractivity contribution in [2.75, 3.05) is 13.7 Å². The monoisotopic (exact) mass is 370 g/mol. The summed E-state index contributed by atoms with van der Waals surface area (Å²) in [6.45, 7) is 3.69. The SMILES string of the molecule is COc1ccc2c(c1CC(=O)C(C)C)OC1c3ccc(O)cc3OCC21O. The van der Waals surface area contributed by atoms with E-state index in [9.17, 15) is 15.0 Å². The number of phenolic OH excluding ortho intramolecular Hbond substituents is 1. The second kappa shape index (κ2) is 6.16. The van der Waals surface area contributed by atoms with Crippen LogP contribution in [0, 0.1) is 5.92 Å².